The van der Waals surface area contributed by atoms with Crippen LogP contribution in [-0.2, 0) is 14.3 Å². The molecule has 0 spiro atoms. The van der Waals surface area contributed by atoms with Crippen molar-refractivity contribution < 1.29 is 23.8 Å². The van der Waals surface area contributed by atoms with Gasteiger partial charge in [-0.15, -0.1) is 0 Å². The first-order valence-corrected chi connectivity index (χ1v) is 8.79. The Labute approximate surface area is 144 Å². The fraction of sp³-hybridized carbons (Fsp3) is 0.412. The number of methoxy groups -OCH3 is 1. The normalized spacial score (nSPS) is 21.5. The Morgan fingerprint density at radius 1 is 1.46 bits per heavy atom. The Bertz CT molecular complexity index is 649. The number of hydrogen-bond donors (Lipinski definition) is 1. The van der Waals surface area contributed by atoms with E-state index in [0.717, 1.165) is 0 Å². The van der Waals surface area contributed by atoms with Gasteiger partial charge < -0.3 is 9.84 Å². The highest BCUT2D eigenvalue weighted by Crippen LogP contribution is 2.33. The zero-order valence-electron chi connectivity index (χ0n) is 13.6. The molecule has 130 valence electrons. The maximum absolute atomic E-state index is 14.2. The molecule has 2 atom stereocenters. The van der Waals surface area contributed by atoms with E-state index in [1.165, 1.54) is 19.3 Å². The first-order chi connectivity index (χ1) is 11.5. The fourth-order valence-corrected chi connectivity index (χ4v) is 3.74. The fourth-order valence-electron chi connectivity index (χ4n) is 2.95. The van der Waals surface area contributed by atoms with Crippen molar-refractivity contribution in [1.29, 1.82) is 0 Å². The minimum atomic E-state index is -1.02. The lowest BCUT2D eigenvalue weighted by molar-refractivity contribution is -0.147. The van der Waals surface area contributed by atoms with E-state index >= 15 is 0 Å². The van der Waals surface area contributed by atoms with Crippen LogP contribution in [0.2, 0.25) is 0 Å². The molecule has 0 radical (unpaired) electrons. The number of nitrogens with zero attached hydrogens (tertiary/aromatic N) is 1. The number of thioether (sulfide) groups is 1. The molecule has 1 saturated heterocycles. The smallest absolute Gasteiger partial charge is 0.328 e. The molecule has 1 fully saturated rings. The molecule has 7 heteroatoms. The minimum absolute atomic E-state index is 0.0799. The molecule has 1 aromatic rings. The van der Waals surface area contributed by atoms with Gasteiger partial charge in [0.1, 0.15) is 11.9 Å². The maximum atomic E-state index is 14.2. The van der Waals surface area contributed by atoms with E-state index in [9.17, 15) is 14.0 Å². The largest absolute Gasteiger partial charge is 0.478 e. The summed E-state index contributed by atoms with van der Waals surface area (Å²) in [6, 6.07) is 5.18. The van der Waals surface area contributed by atoms with Gasteiger partial charge in [-0.1, -0.05) is 18.2 Å². The third kappa shape index (κ3) is 4.15. The summed E-state index contributed by atoms with van der Waals surface area (Å²) >= 11 is 1.57. The van der Waals surface area contributed by atoms with Crippen molar-refractivity contribution in [2.45, 2.75) is 17.7 Å². The molecule has 0 bridgehead atoms. The molecule has 5 nitrogen and oxygen atoms in total. The molecule has 1 aromatic carbocycles. The van der Waals surface area contributed by atoms with E-state index < -0.39 is 23.8 Å². The van der Waals surface area contributed by atoms with Crippen LogP contribution in [0.15, 0.2) is 35.9 Å². The molecule has 0 aromatic heterocycles. The van der Waals surface area contributed by atoms with E-state index in [4.69, 9.17) is 9.84 Å². The number of aliphatic carboxylic acids is 1. The monoisotopic (exact) mass is 353 g/mol. The third-order valence-corrected chi connectivity index (χ3v) is 5.17. The highest BCUT2D eigenvalue weighted by molar-refractivity contribution is 7.99. The first kappa shape index (κ1) is 18.5. The standard InChI is InChI=1S/C17H20FNO4S/c1-23-17(22)16(12-5-3-4-6-13(12)18)19-8-7-14(24-2)11(10-19)9-15(20)21/h3-6,9,14,16H,7-8,10H2,1-2H3,(H,20,21)/b11-9-/t14-,16+/m1/s1. The Morgan fingerprint density at radius 2 is 2.17 bits per heavy atom. The SMILES string of the molecule is COC(=O)[C@H](c1ccccc1F)N1CC[C@@H](SC)/C(=C\C(=O)O)C1. The van der Waals surface area contributed by atoms with Crippen LogP contribution in [0, 0.1) is 5.82 Å². The summed E-state index contributed by atoms with van der Waals surface area (Å²) in [4.78, 5) is 25.1. The van der Waals surface area contributed by atoms with Gasteiger partial charge in [0.15, 0.2) is 0 Å². The van der Waals surface area contributed by atoms with Crippen LogP contribution in [0.1, 0.15) is 18.0 Å². The molecular weight excluding hydrogens is 333 g/mol. The van der Waals surface area contributed by atoms with Crippen molar-refractivity contribution in [2.75, 3.05) is 26.5 Å². The minimum Gasteiger partial charge on any atom is -0.478 e. The van der Waals surface area contributed by atoms with Crippen LogP contribution < -0.4 is 0 Å². The number of carboxylic acids is 1. The predicted molar refractivity (Wildman–Crippen MR) is 90.4 cm³/mol. The summed E-state index contributed by atoms with van der Waals surface area (Å²) in [6.45, 7) is 0.836. The summed E-state index contributed by atoms with van der Waals surface area (Å²) in [5, 5.41) is 9.14. The van der Waals surface area contributed by atoms with Gasteiger partial charge in [-0.25, -0.2) is 14.0 Å². The van der Waals surface area contributed by atoms with Gasteiger partial charge >= 0.3 is 11.9 Å². The van der Waals surface area contributed by atoms with E-state index in [2.05, 4.69) is 0 Å². The third-order valence-electron chi connectivity index (χ3n) is 4.06. The van der Waals surface area contributed by atoms with Crippen molar-refractivity contribution in [3.63, 3.8) is 0 Å². The highest BCUT2D eigenvalue weighted by Gasteiger charge is 2.35. The molecule has 1 aliphatic heterocycles. The van der Waals surface area contributed by atoms with Crippen molar-refractivity contribution >= 4 is 23.7 Å². The van der Waals surface area contributed by atoms with Gasteiger partial charge in [0.2, 0.25) is 0 Å². The molecule has 1 aliphatic rings. The quantitative estimate of drug-likeness (QED) is 0.648. The van der Waals surface area contributed by atoms with Gasteiger partial charge in [-0.2, -0.15) is 11.8 Å². The van der Waals surface area contributed by atoms with E-state index in [0.29, 0.717) is 18.5 Å². The number of hydrogen-bond acceptors (Lipinski definition) is 5. The van der Waals surface area contributed by atoms with E-state index in [-0.39, 0.29) is 17.4 Å². The summed E-state index contributed by atoms with van der Waals surface area (Å²) in [6.07, 6.45) is 3.79. The van der Waals surface area contributed by atoms with Crippen molar-refractivity contribution in [3.8, 4) is 0 Å². The molecule has 0 amide bonds. The molecule has 1 N–H and O–H groups in total. The van der Waals surface area contributed by atoms with Gasteiger partial charge in [0.05, 0.1) is 7.11 Å². The summed E-state index contributed by atoms with van der Waals surface area (Å²) in [7, 11) is 1.26. The molecule has 0 unspecified atom stereocenters. The van der Waals surface area contributed by atoms with Crippen molar-refractivity contribution in [2.24, 2.45) is 0 Å². The summed E-state index contributed by atoms with van der Waals surface area (Å²) < 4.78 is 19.1. The van der Waals surface area contributed by atoms with Crippen LogP contribution in [0.5, 0.6) is 0 Å². The van der Waals surface area contributed by atoms with Gasteiger partial charge in [-0.3, -0.25) is 4.90 Å². The second-order valence-electron chi connectivity index (χ2n) is 5.49. The lowest BCUT2D eigenvalue weighted by Gasteiger charge is -2.37. The van der Waals surface area contributed by atoms with Crippen LogP contribution in [0.25, 0.3) is 0 Å². The molecule has 2 rings (SSSR count). The highest BCUT2D eigenvalue weighted by atomic mass is 32.2. The lowest BCUT2D eigenvalue weighted by atomic mass is 9.98. The lowest BCUT2D eigenvalue weighted by Crippen LogP contribution is -2.43. The van der Waals surface area contributed by atoms with E-state index in [1.807, 2.05) is 6.26 Å². The van der Waals surface area contributed by atoms with Crippen LogP contribution in [-0.4, -0.2) is 53.7 Å². The van der Waals surface area contributed by atoms with Crippen LogP contribution in [0.4, 0.5) is 4.39 Å². The second kappa shape index (κ2) is 8.30. The number of ether oxygens (including phenoxy) is 1. The van der Waals surface area contributed by atoms with Gasteiger partial charge in [0.25, 0.3) is 0 Å². The average molecular weight is 353 g/mol. The molecule has 0 saturated carbocycles. The Balaban J connectivity index is 2.36. The predicted octanol–water partition coefficient (Wildman–Crippen LogP) is 2.49. The van der Waals surface area contributed by atoms with Crippen LogP contribution in [0.3, 0.4) is 0 Å². The average Bonchev–Trinajstić information content (AvgIpc) is 2.56. The number of halogens is 1. The van der Waals surface area contributed by atoms with Crippen molar-refractivity contribution in [1.82, 2.24) is 4.90 Å². The number of likely N-dealkylation sites (tertiary alicyclic amines) is 1. The van der Waals surface area contributed by atoms with Crippen LogP contribution >= 0.6 is 11.8 Å². The van der Waals surface area contributed by atoms with Gasteiger partial charge in [-0.05, 0) is 24.3 Å². The molecule has 24 heavy (non-hydrogen) atoms. The number of benzene rings is 1. The zero-order valence-corrected chi connectivity index (χ0v) is 14.4. The number of carbonyl (C=O) groups is 2. The number of carboxylic acid groups (broad SMARTS) is 1. The second-order valence-corrected chi connectivity index (χ2v) is 6.53. The topological polar surface area (TPSA) is 66.8 Å². The zero-order chi connectivity index (χ0) is 17.7. The number of rotatable bonds is 5. The Morgan fingerprint density at radius 3 is 2.75 bits per heavy atom. The van der Waals surface area contributed by atoms with Crippen molar-refractivity contribution in [3.05, 3.63) is 47.3 Å². The molecule has 1 heterocycles. The summed E-state index contributed by atoms with van der Waals surface area (Å²) in [5.41, 5.74) is 0.952. The number of piperidine rings is 1. The van der Waals surface area contributed by atoms with E-state index in [1.54, 1.807) is 34.9 Å². The first-order valence-electron chi connectivity index (χ1n) is 7.50. The number of esters is 1. The molecular formula is C17H20FNO4S. The Hall–Kier alpha value is -1.86. The maximum Gasteiger partial charge on any atom is 0.328 e. The number of carbonyl (C=O) groups excluding carboxylic acids is 1. The molecule has 0 aliphatic carbocycles. The summed E-state index contributed by atoms with van der Waals surface area (Å²) in [5.74, 6) is -2.06. The Kier molecular flexibility index (Phi) is 6.39. The van der Waals surface area contributed by atoms with Gasteiger partial charge in [0, 0.05) is 30.0 Å².